The molecule has 0 heterocycles. The Morgan fingerprint density at radius 3 is 2.18 bits per heavy atom. The Bertz CT molecular complexity index is 392. The van der Waals surface area contributed by atoms with Gasteiger partial charge in [-0.15, -0.1) is 0 Å². The summed E-state index contributed by atoms with van der Waals surface area (Å²) in [6, 6.07) is 4.62. The molecule has 1 aromatic carbocycles. The Morgan fingerprint density at radius 1 is 1.18 bits per heavy atom. The Morgan fingerprint density at radius 2 is 1.76 bits per heavy atom. The van der Waals surface area contributed by atoms with Crippen LogP contribution in [0.15, 0.2) is 18.2 Å². The van der Waals surface area contributed by atoms with Crippen molar-refractivity contribution < 1.29 is 13.5 Å². The van der Waals surface area contributed by atoms with E-state index in [1.165, 1.54) is 13.0 Å². The minimum absolute atomic E-state index is 0.0609. The molecule has 0 atom stereocenters. The van der Waals surface area contributed by atoms with Gasteiger partial charge in [0.2, 0.25) is 0 Å². The van der Waals surface area contributed by atoms with Crippen LogP contribution in [-0.4, -0.2) is 7.11 Å². The molecule has 0 unspecified atom stereocenters. The smallest absolute Gasteiger partial charge is 0.273 e. The number of hydrogen-bond donors (Lipinski definition) is 0. The van der Waals surface area contributed by atoms with Gasteiger partial charge in [0.25, 0.3) is 5.92 Å². The standard InChI is InChI=1S/C14H20F2O/c1-6-14(15,16)10-7-8-12(17-5)11(9-10)13(2,3)4/h7-9H,6H2,1-5H3. The van der Waals surface area contributed by atoms with Crippen LogP contribution in [0.2, 0.25) is 0 Å². The summed E-state index contributed by atoms with van der Waals surface area (Å²) in [6.07, 6.45) is -0.192. The number of alkyl halides is 2. The van der Waals surface area contributed by atoms with Crippen LogP contribution < -0.4 is 4.74 Å². The zero-order valence-electron chi connectivity index (χ0n) is 11.1. The third-order valence-electron chi connectivity index (χ3n) is 2.87. The van der Waals surface area contributed by atoms with Gasteiger partial charge >= 0.3 is 0 Å². The summed E-state index contributed by atoms with van der Waals surface area (Å²) in [4.78, 5) is 0. The molecule has 0 spiro atoms. The molecular formula is C14H20F2O. The van der Waals surface area contributed by atoms with Gasteiger partial charge in [0.15, 0.2) is 0 Å². The maximum absolute atomic E-state index is 13.6. The second kappa shape index (κ2) is 4.63. The van der Waals surface area contributed by atoms with Crippen molar-refractivity contribution >= 4 is 0 Å². The van der Waals surface area contributed by atoms with Crippen LogP contribution in [0.1, 0.15) is 45.2 Å². The zero-order valence-corrected chi connectivity index (χ0v) is 11.1. The molecule has 0 aliphatic heterocycles. The summed E-state index contributed by atoms with van der Waals surface area (Å²) < 4.78 is 32.5. The molecule has 1 rings (SSSR count). The van der Waals surface area contributed by atoms with E-state index in [2.05, 4.69) is 0 Å². The summed E-state index contributed by atoms with van der Waals surface area (Å²) in [5.74, 6) is -2.11. The summed E-state index contributed by atoms with van der Waals surface area (Å²) >= 11 is 0. The number of ether oxygens (including phenoxy) is 1. The van der Waals surface area contributed by atoms with Crippen LogP contribution in [0.4, 0.5) is 8.78 Å². The van der Waals surface area contributed by atoms with Gasteiger partial charge < -0.3 is 4.74 Å². The molecule has 96 valence electrons. The van der Waals surface area contributed by atoms with Crippen LogP contribution in [0.3, 0.4) is 0 Å². The predicted molar refractivity (Wildman–Crippen MR) is 65.9 cm³/mol. The van der Waals surface area contributed by atoms with Crippen LogP contribution in [0, 0.1) is 0 Å². The first-order chi connectivity index (χ1) is 7.72. The molecule has 1 nitrogen and oxygen atoms in total. The fourth-order valence-corrected chi connectivity index (χ4v) is 1.73. The van der Waals surface area contributed by atoms with Crippen molar-refractivity contribution in [3.8, 4) is 5.75 Å². The minimum Gasteiger partial charge on any atom is -0.496 e. The highest BCUT2D eigenvalue weighted by Crippen LogP contribution is 2.38. The number of benzene rings is 1. The molecule has 0 bridgehead atoms. The third-order valence-corrected chi connectivity index (χ3v) is 2.87. The van der Waals surface area contributed by atoms with Gasteiger partial charge in [-0.3, -0.25) is 0 Å². The maximum Gasteiger partial charge on any atom is 0.273 e. The van der Waals surface area contributed by atoms with E-state index in [0.717, 1.165) is 5.56 Å². The Balaban J connectivity index is 3.33. The topological polar surface area (TPSA) is 9.23 Å². The fraction of sp³-hybridized carbons (Fsp3) is 0.571. The molecule has 1 aromatic rings. The van der Waals surface area contributed by atoms with E-state index < -0.39 is 5.92 Å². The first-order valence-electron chi connectivity index (χ1n) is 5.79. The lowest BCUT2D eigenvalue weighted by atomic mass is 9.84. The zero-order chi connectivity index (χ0) is 13.3. The van der Waals surface area contributed by atoms with Crippen molar-refractivity contribution in [3.05, 3.63) is 29.3 Å². The second-order valence-electron chi connectivity index (χ2n) is 5.22. The molecule has 0 amide bonds. The van der Waals surface area contributed by atoms with E-state index in [1.54, 1.807) is 19.2 Å². The van der Waals surface area contributed by atoms with Gasteiger partial charge in [0.05, 0.1) is 7.11 Å². The highest BCUT2D eigenvalue weighted by molar-refractivity contribution is 5.42. The lowest BCUT2D eigenvalue weighted by molar-refractivity contribution is -0.00844. The highest BCUT2D eigenvalue weighted by Gasteiger charge is 2.31. The number of halogens is 2. The number of methoxy groups -OCH3 is 1. The molecule has 0 aliphatic rings. The maximum atomic E-state index is 13.6. The van der Waals surface area contributed by atoms with Crippen molar-refractivity contribution in [2.75, 3.05) is 7.11 Å². The van der Waals surface area contributed by atoms with E-state index in [9.17, 15) is 8.78 Å². The highest BCUT2D eigenvalue weighted by atomic mass is 19.3. The average Bonchev–Trinajstić information content (AvgIpc) is 2.27. The van der Waals surface area contributed by atoms with E-state index >= 15 is 0 Å². The molecule has 17 heavy (non-hydrogen) atoms. The summed E-state index contributed by atoms with van der Waals surface area (Å²) in [6.45, 7) is 7.44. The van der Waals surface area contributed by atoms with Crippen molar-refractivity contribution in [3.63, 3.8) is 0 Å². The normalized spacial score (nSPS) is 12.6. The van der Waals surface area contributed by atoms with Crippen molar-refractivity contribution in [2.45, 2.75) is 45.5 Å². The summed E-state index contributed by atoms with van der Waals surface area (Å²) in [5.41, 5.74) is 0.655. The van der Waals surface area contributed by atoms with Crippen molar-refractivity contribution in [1.29, 1.82) is 0 Å². The van der Waals surface area contributed by atoms with E-state index in [0.29, 0.717) is 5.75 Å². The lowest BCUT2D eigenvalue weighted by Crippen LogP contribution is -2.17. The molecule has 0 saturated heterocycles. The monoisotopic (exact) mass is 242 g/mol. The van der Waals surface area contributed by atoms with Gasteiger partial charge in [0.1, 0.15) is 5.75 Å². The van der Waals surface area contributed by atoms with Crippen LogP contribution in [-0.2, 0) is 11.3 Å². The average molecular weight is 242 g/mol. The molecule has 3 heteroatoms. The van der Waals surface area contributed by atoms with Crippen LogP contribution in [0.25, 0.3) is 0 Å². The largest absolute Gasteiger partial charge is 0.496 e. The first kappa shape index (κ1) is 13.9. The Kier molecular flexibility index (Phi) is 3.80. The Hall–Kier alpha value is -1.12. The predicted octanol–water partition coefficient (Wildman–Crippen LogP) is 4.49. The molecule has 0 radical (unpaired) electrons. The fourth-order valence-electron chi connectivity index (χ4n) is 1.73. The summed E-state index contributed by atoms with van der Waals surface area (Å²) in [5, 5.41) is 0. The van der Waals surface area contributed by atoms with Gasteiger partial charge in [-0.2, -0.15) is 0 Å². The molecule has 0 aromatic heterocycles. The van der Waals surface area contributed by atoms with Gasteiger partial charge in [0, 0.05) is 12.0 Å². The van der Waals surface area contributed by atoms with E-state index in [-0.39, 0.29) is 17.4 Å². The lowest BCUT2D eigenvalue weighted by Gasteiger charge is -2.24. The van der Waals surface area contributed by atoms with Crippen LogP contribution >= 0.6 is 0 Å². The quantitative estimate of drug-likeness (QED) is 0.758. The minimum atomic E-state index is -2.77. The van der Waals surface area contributed by atoms with Gasteiger partial charge in [-0.25, -0.2) is 8.78 Å². The molecule has 0 aliphatic carbocycles. The van der Waals surface area contributed by atoms with Crippen molar-refractivity contribution in [1.82, 2.24) is 0 Å². The van der Waals surface area contributed by atoms with Gasteiger partial charge in [-0.1, -0.05) is 27.7 Å². The van der Waals surface area contributed by atoms with Crippen LogP contribution in [0.5, 0.6) is 5.75 Å². The molecule has 0 fully saturated rings. The molecule has 0 saturated carbocycles. The molecular weight excluding hydrogens is 222 g/mol. The third kappa shape index (κ3) is 2.96. The van der Waals surface area contributed by atoms with E-state index in [4.69, 9.17) is 4.74 Å². The van der Waals surface area contributed by atoms with Crippen molar-refractivity contribution in [2.24, 2.45) is 0 Å². The number of hydrogen-bond acceptors (Lipinski definition) is 1. The van der Waals surface area contributed by atoms with E-state index in [1.807, 2.05) is 20.8 Å². The second-order valence-corrected chi connectivity index (χ2v) is 5.22. The first-order valence-corrected chi connectivity index (χ1v) is 5.79. The Labute approximate surface area is 102 Å². The number of rotatable bonds is 3. The SMILES string of the molecule is CCC(F)(F)c1ccc(OC)c(C(C)(C)C)c1. The molecule has 0 N–H and O–H groups in total. The summed E-state index contributed by atoms with van der Waals surface area (Å²) in [7, 11) is 1.56. The van der Waals surface area contributed by atoms with Gasteiger partial charge in [-0.05, 0) is 29.2 Å².